The first-order chi connectivity index (χ1) is 11.5. The average Bonchev–Trinajstić information content (AvgIpc) is 3.23. The normalized spacial score (nSPS) is 17.0. The van der Waals surface area contributed by atoms with Crippen LogP contribution in [0.5, 0.6) is 0 Å². The zero-order chi connectivity index (χ0) is 17.1. The second-order valence-corrected chi connectivity index (χ2v) is 6.61. The maximum atomic E-state index is 12.2. The smallest absolute Gasteiger partial charge is 0.279 e. The summed E-state index contributed by atoms with van der Waals surface area (Å²) in [5.74, 6) is -1.30. The van der Waals surface area contributed by atoms with Gasteiger partial charge in [-0.05, 0) is 30.5 Å². The third kappa shape index (κ3) is 3.46. The number of rotatable bonds is 3. The standard InChI is InChI=1S/C17H17N3O3S/c1-11-4-6-13(7-5-11)20-10-12(9-15(20)21)16(22)18-19-17(23)14-3-2-8-24-14/h2-8,12H,9-10H2,1H3,(H,18,22)(H,19,23)/t12-/m0/s1. The van der Waals surface area contributed by atoms with Crippen molar-refractivity contribution in [3.05, 3.63) is 52.2 Å². The first kappa shape index (κ1) is 16.2. The Morgan fingerprint density at radius 2 is 1.92 bits per heavy atom. The van der Waals surface area contributed by atoms with E-state index in [0.717, 1.165) is 11.3 Å². The van der Waals surface area contributed by atoms with E-state index in [0.29, 0.717) is 11.4 Å². The van der Waals surface area contributed by atoms with Crippen molar-refractivity contribution in [3.63, 3.8) is 0 Å². The van der Waals surface area contributed by atoms with Crippen LogP contribution in [0.25, 0.3) is 0 Å². The van der Waals surface area contributed by atoms with E-state index in [1.165, 1.54) is 11.3 Å². The van der Waals surface area contributed by atoms with E-state index in [9.17, 15) is 14.4 Å². The summed E-state index contributed by atoms with van der Waals surface area (Å²) >= 11 is 1.29. The predicted molar refractivity (Wildman–Crippen MR) is 91.6 cm³/mol. The first-order valence-corrected chi connectivity index (χ1v) is 8.43. The Labute approximate surface area is 143 Å². The van der Waals surface area contributed by atoms with Crippen LogP contribution in [0.15, 0.2) is 41.8 Å². The summed E-state index contributed by atoms with van der Waals surface area (Å²) in [5, 5.41) is 1.78. The minimum absolute atomic E-state index is 0.0939. The number of benzene rings is 1. The van der Waals surface area contributed by atoms with Crippen molar-refractivity contribution in [1.29, 1.82) is 0 Å². The summed E-state index contributed by atoms with van der Waals surface area (Å²) in [6.45, 7) is 2.28. The maximum absolute atomic E-state index is 12.2. The van der Waals surface area contributed by atoms with Gasteiger partial charge in [0.05, 0.1) is 10.8 Å². The van der Waals surface area contributed by atoms with E-state index in [4.69, 9.17) is 0 Å². The minimum Gasteiger partial charge on any atom is -0.312 e. The third-order valence-electron chi connectivity index (χ3n) is 3.89. The van der Waals surface area contributed by atoms with Crippen molar-refractivity contribution >= 4 is 34.7 Å². The molecule has 1 aliphatic heterocycles. The Balaban J connectivity index is 1.58. The average molecular weight is 343 g/mol. The van der Waals surface area contributed by atoms with Crippen molar-refractivity contribution in [2.24, 2.45) is 5.92 Å². The molecule has 1 aromatic heterocycles. The molecule has 3 rings (SSSR count). The van der Waals surface area contributed by atoms with Gasteiger partial charge in [0.25, 0.3) is 5.91 Å². The molecule has 0 saturated carbocycles. The van der Waals surface area contributed by atoms with E-state index >= 15 is 0 Å². The fraction of sp³-hybridized carbons (Fsp3) is 0.235. The molecule has 2 aromatic rings. The zero-order valence-electron chi connectivity index (χ0n) is 13.1. The molecule has 0 bridgehead atoms. The number of hydrogen-bond donors (Lipinski definition) is 2. The van der Waals surface area contributed by atoms with E-state index < -0.39 is 5.92 Å². The number of nitrogens with one attached hydrogen (secondary N) is 2. The second-order valence-electron chi connectivity index (χ2n) is 5.66. The Hall–Kier alpha value is -2.67. The molecule has 1 saturated heterocycles. The van der Waals surface area contributed by atoms with Gasteiger partial charge in [0, 0.05) is 18.7 Å². The van der Waals surface area contributed by atoms with E-state index in [2.05, 4.69) is 10.9 Å². The largest absolute Gasteiger partial charge is 0.312 e. The molecule has 0 spiro atoms. The molecule has 6 nitrogen and oxygen atoms in total. The summed E-state index contributed by atoms with van der Waals surface area (Å²) in [4.78, 5) is 38.3. The van der Waals surface area contributed by atoms with Crippen molar-refractivity contribution in [2.45, 2.75) is 13.3 Å². The topological polar surface area (TPSA) is 78.5 Å². The molecule has 1 aliphatic rings. The van der Waals surface area contributed by atoms with Crippen molar-refractivity contribution < 1.29 is 14.4 Å². The van der Waals surface area contributed by atoms with E-state index in [-0.39, 0.29) is 24.1 Å². The summed E-state index contributed by atoms with van der Waals surface area (Å²) in [6, 6.07) is 11.0. The van der Waals surface area contributed by atoms with Crippen LogP contribution >= 0.6 is 11.3 Å². The monoisotopic (exact) mass is 343 g/mol. The van der Waals surface area contributed by atoms with E-state index in [1.54, 1.807) is 22.4 Å². The Morgan fingerprint density at radius 3 is 2.58 bits per heavy atom. The quantitative estimate of drug-likeness (QED) is 0.835. The summed E-state index contributed by atoms with van der Waals surface area (Å²) in [7, 11) is 0. The van der Waals surface area contributed by atoms with Gasteiger partial charge in [0.15, 0.2) is 0 Å². The Bertz CT molecular complexity index is 756. The number of amides is 3. The van der Waals surface area contributed by atoms with Gasteiger partial charge < -0.3 is 4.90 Å². The fourth-order valence-electron chi connectivity index (χ4n) is 2.55. The summed E-state index contributed by atoms with van der Waals surface area (Å²) < 4.78 is 0. The molecule has 124 valence electrons. The van der Waals surface area contributed by atoms with Crippen LogP contribution in [0, 0.1) is 12.8 Å². The minimum atomic E-state index is -0.484. The van der Waals surface area contributed by atoms with Crippen LogP contribution in [-0.4, -0.2) is 24.3 Å². The lowest BCUT2D eigenvalue weighted by Gasteiger charge is -2.17. The lowest BCUT2D eigenvalue weighted by atomic mass is 10.1. The van der Waals surface area contributed by atoms with Crippen LogP contribution in [0.2, 0.25) is 0 Å². The Morgan fingerprint density at radius 1 is 1.17 bits per heavy atom. The molecule has 1 aromatic carbocycles. The molecular weight excluding hydrogens is 326 g/mol. The SMILES string of the molecule is Cc1ccc(N2C[C@@H](C(=O)NNC(=O)c3cccs3)CC2=O)cc1. The highest BCUT2D eigenvalue weighted by Crippen LogP contribution is 2.25. The number of thiophene rings is 1. The number of carbonyl (C=O) groups is 3. The number of aryl methyl sites for hydroxylation is 1. The van der Waals surface area contributed by atoms with Crippen LogP contribution in [0.3, 0.4) is 0 Å². The lowest BCUT2D eigenvalue weighted by Crippen LogP contribution is -2.44. The Kier molecular flexibility index (Phi) is 4.61. The van der Waals surface area contributed by atoms with Crippen molar-refractivity contribution in [1.82, 2.24) is 10.9 Å². The number of hydrogen-bond acceptors (Lipinski definition) is 4. The van der Waals surface area contributed by atoms with Gasteiger partial charge in [0.2, 0.25) is 11.8 Å². The number of carbonyl (C=O) groups excluding carboxylic acids is 3. The maximum Gasteiger partial charge on any atom is 0.279 e. The predicted octanol–water partition coefficient (Wildman–Crippen LogP) is 1.87. The van der Waals surface area contributed by atoms with Crippen molar-refractivity contribution in [2.75, 3.05) is 11.4 Å². The van der Waals surface area contributed by atoms with Gasteiger partial charge in [-0.2, -0.15) is 0 Å². The van der Waals surface area contributed by atoms with Gasteiger partial charge >= 0.3 is 0 Å². The highest BCUT2D eigenvalue weighted by Gasteiger charge is 2.35. The molecule has 1 atom stereocenters. The number of hydrazine groups is 1. The molecular formula is C17H17N3O3S. The van der Waals surface area contributed by atoms with Crippen LogP contribution in [-0.2, 0) is 9.59 Å². The lowest BCUT2D eigenvalue weighted by molar-refractivity contribution is -0.126. The number of anilines is 1. The van der Waals surface area contributed by atoms with Gasteiger partial charge in [-0.25, -0.2) is 0 Å². The number of nitrogens with zero attached hydrogens (tertiary/aromatic N) is 1. The highest BCUT2D eigenvalue weighted by molar-refractivity contribution is 7.12. The van der Waals surface area contributed by atoms with Gasteiger partial charge in [-0.15, -0.1) is 11.3 Å². The molecule has 0 unspecified atom stereocenters. The van der Waals surface area contributed by atoms with Crippen LogP contribution in [0.1, 0.15) is 21.7 Å². The summed E-state index contributed by atoms with van der Waals surface area (Å²) in [5.41, 5.74) is 6.67. The fourth-order valence-corrected chi connectivity index (χ4v) is 3.17. The molecule has 3 amide bonds. The van der Waals surface area contributed by atoms with E-state index in [1.807, 2.05) is 31.2 Å². The molecule has 7 heteroatoms. The molecule has 2 heterocycles. The van der Waals surface area contributed by atoms with Crippen molar-refractivity contribution in [3.8, 4) is 0 Å². The zero-order valence-corrected chi connectivity index (χ0v) is 13.9. The summed E-state index contributed by atoms with van der Waals surface area (Å²) in [6.07, 6.45) is 0.134. The van der Waals surface area contributed by atoms with Crippen LogP contribution in [0.4, 0.5) is 5.69 Å². The second kappa shape index (κ2) is 6.84. The molecule has 1 fully saturated rings. The molecule has 0 radical (unpaired) electrons. The molecule has 0 aliphatic carbocycles. The van der Waals surface area contributed by atoms with Gasteiger partial charge in [-0.3, -0.25) is 25.2 Å². The van der Waals surface area contributed by atoms with Crippen LogP contribution < -0.4 is 15.8 Å². The van der Waals surface area contributed by atoms with Gasteiger partial charge in [-0.1, -0.05) is 23.8 Å². The first-order valence-electron chi connectivity index (χ1n) is 7.55. The highest BCUT2D eigenvalue weighted by atomic mass is 32.1. The third-order valence-corrected chi connectivity index (χ3v) is 4.75. The molecule has 24 heavy (non-hydrogen) atoms. The van der Waals surface area contributed by atoms with Gasteiger partial charge in [0.1, 0.15) is 0 Å². The molecule has 2 N–H and O–H groups in total.